The zero-order valence-electron chi connectivity index (χ0n) is 13.6. The Morgan fingerprint density at radius 1 is 1.12 bits per heavy atom. The normalized spacial score (nSPS) is 14.2. The van der Waals surface area contributed by atoms with Gasteiger partial charge < -0.3 is 15.5 Å². The second-order valence-electron chi connectivity index (χ2n) is 5.80. The van der Waals surface area contributed by atoms with E-state index in [-0.39, 0.29) is 6.54 Å². The molecule has 8 heteroatoms. The van der Waals surface area contributed by atoms with Crippen LogP contribution in [0.5, 0.6) is 0 Å². The van der Waals surface area contributed by atoms with Gasteiger partial charge in [0, 0.05) is 19.3 Å². The van der Waals surface area contributed by atoms with Crippen LogP contribution in [0.25, 0.3) is 0 Å². The van der Waals surface area contributed by atoms with Gasteiger partial charge in [-0.1, -0.05) is 6.07 Å². The molecule has 2 amide bonds. The minimum atomic E-state index is -0.829. The molecule has 6 nitrogen and oxygen atoms in total. The van der Waals surface area contributed by atoms with Crippen molar-refractivity contribution in [2.45, 2.75) is 25.8 Å². The van der Waals surface area contributed by atoms with Gasteiger partial charge in [-0.05, 0) is 37.5 Å². The summed E-state index contributed by atoms with van der Waals surface area (Å²) in [6.45, 7) is 1.97. The largest absolute Gasteiger partial charge is 0.341 e. The molecule has 3 rings (SSSR count). The maximum Gasteiger partial charge on any atom is 0.319 e. The van der Waals surface area contributed by atoms with Crippen LogP contribution in [0.1, 0.15) is 25.0 Å². The lowest BCUT2D eigenvalue weighted by Gasteiger charge is -2.26. The van der Waals surface area contributed by atoms with Crippen LogP contribution in [0.3, 0.4) is 0 Å². The maximum absolute atomic E-state index is 13.5. The zero-order valence-corrected chi connectivity index (χ0v) is 13.6. The van der Waals surface area contributed by atoms with Gasteiger partial charge in [0.1, 0.15) is 17.3 Å². The molecule has 1 aliphatic heterocycles. The van der Waals surface area contributed by atoms with Crippen LogP contribution < -0.4 is 15.5 Å². The summed E-state index contributed by atoms with van der Waals surface area (Å²) in [6.07, 6.45) is 5.08. The number of carbonyl (C=O) groups is 1. The molecule has 0 saturated carbocycles. The van der Waals surface area contributed by atoms with Gasteiger partial charge in [0.25, 0.3) is 0 Å². The van der Waals surface area contributed by atoms with Gasteiger partial charge in [-0.2, -0.15) is 0 Å². The first-order valence-corrected chi connectivity index (χ1v) is 8.19. The molecule has 2 heterocycles. The van der Waals surface area contributed by atoms with E-state index < -0.39 is 23.4 Å². The average Bonchev–Trinajstić information content (AvgIpc) is 2.64. The molecule has 1 aromatic carbocycles. The molecular weight excluding hydrogens is 328 g/mol. The second kappa shape index (κ2) is 7.87. The smallest absolute Gasteiger partial charge is 0.319 e. The number of para-hydroxylation sites is 1. The Labute approximate surface area is 144 Å². The van der Waals surface area contributed by atoms with Crippen molar-refractivity contribution in [1.82, 2.24) is 15.3 Å². The summed E-state index contributed by atoms with van der Waals surface area (Å²) >= 11 is 0. The van der Waals surface area contributed by atoms with Gasteiger partial charge in [0.05, 0.1) is 12.2 Å². The summed E-state index contributed by atoms with van der Waals surface area (Å²) in [5.74, 6) is -1.02. The van der Waals surface area contributed by atoms with Gasteiger partial charge in [-0.25, -0.2) is 23.5 Å². The number of hydrogen-bond donors (Lipinski definition) is 2. The molecular formula is C17H19F2N5O. The van der Waals surface area contributed by atoms with Crippen LogP contribution in [0, 0.1) is 11.6 Å². The molecule has 2 aromatic rings. The Morgan fingerprint density at radius 3 is 2.56 bits per heavy atom. The average molecular weight is 347 g/mol. The number of nitrogens with zero attached hydrogens (tertiary/aromatic N) is 3. The highest BCUT2D eigenvalue weighted by Crippen LogP contribution is 2.18. The van der Waals surface area contributed by atoms with E-state index in [1.165, 1.54) is 12.5 Å². The van der Waals surface area contributed by atoms with Crippen LogP contribution in [-0.2, 0) is 6.54 Å². The third-order valence-corrected chi connectivity index (χ3v) is 3.97. The van der Waals surface area contributed by atoms with Crippen molar-refractivity contribution in [3.63, 3.8) is 0 Å². The Kier molecular flexibility index (Phi) is 5.37. The Balaban J connectivity index is 1.58. The minimum absolute atomic E-state index is 0.130. The van der Waals surface area contributed by atoms with Crippen molar-refractivity contribution in [2.75, 3.05) is 23.3 Å². The van der Waals surface area contributed by atoms with E-state index in [9.17, 15) is 13.6 Å². The Bertz CT molecular complexity index is 729. The first-order valence-electron chi connectivity index (χ1n) is 8.19. The van der Waals surface area contributed by atoms with Crippen molar-refractivity contribution in [3.05, 3.63) is 47.8 Å². The van der Waals surface area contributed by atoms with E-state index in [0.717, 1.165) is 38.1 Å². The van der Waals surface area contributed by atoms with E-state index in [2.05, 4.69) is 25.5 Å². The minimum Gasteiger partial charge on any atom is -0.341 e. The molecule has 0 unspecified atom stereocenters. The summed E-state index contributed by atoms with van der Waals surface area (Å²) in [5, 5.41) is 4.71. The van der Waals surface area contributed by atoms with E-state index in [1.54, 1.807) is 12.3 Å². The van der Waals surface area contributed by atoms with Crippen molar-refractivity contribution in [3.8, 4) is 0 Å². The number of nitrogens with one attached hydrogen (secondary N) is 2. The number of urea groups is 1. The molecule has 0 radical (unpaired) electrons. The number of benzene rings is 1. The number of hydrogen-bond acceptors (Lipinski definition) is 4. The number of carbonyl (C=O) groups excluding carboxylic acids is 1. The molecule has 0 atom stereocenters. The molecule has 1 saturated heterocycles. The van der Waals surface area contributed by atoms with Gasteiger partial charge in [-0.15, -0.1) is 0 Å². The SMILES string of the molecule is O=C(NCc1ccnc(N2CCCCC2)n1)Nc1c(F)cccc1F. The summed E-state index contributed by atoms with van der Waals surface area (Å²) in [7, 11) is 0. The number of rotatable bonds is 4. The van der Waals surface area contributed by atoms with E-state index in [0.29, 0.717) is 11.6 Å². The van der Waals surface area contributed by atoms with Crippen LogP contribution in [0.2, 0.25) is 0 Å². The fourth-order valence-corrected chi connectivity index (χ4v) is 2.68. The quantitative estimate of drug-likeness (QED) is 0.892. The van der Waals surface area contributed by atoms with Crippen LogP contribution >= 0.6 is 0 Å². The number of halogens is 2. The molecule has 1 aliphatic rings. The van der Waals surface area contributed by atoms with Crippen molar-refractivity contribution >= 4 is 17.7 Å². The van der Waals surface area contributed by atoms with Gasteiger partial charge >= 0.3 is 6.03 Å². The highest BCUT2D eigenvalue weighted by Gasteiger charge is 2.14. The lowest BCUT2D eigenvalue weighted by atomic mass is 10.1. The van der Waals surface area contributed by atoms with E-state index >= 15 is 0 Å². The third-order valence-electron chi connectivity index (χ3n) is 3.97. The van der Waals surface area contributed by atoms with E-state index in [1.807, 2.05) is 0 Å². The predicted octanol–water partition coefficient (Wildman–Crippen LogP) is 3.07. The molecule has 0 spiro atoms. The molecule has 0 aliphatic carbocycles. The third kappa shape index (κ3) is 4.40. The lowest BCUT2D eigenvalue weighted by Crippen LogP contribution is -2.32. The summed E-state index contributed by atoms with van der Waals surface area (Å²) < 4.78 is 27.0. The molecule has 2 N–H and O–H groups in total. The zero-order chi connectivity index (χ0) is 17.6. The van der Waals surface area contributed by atoms with Crippen molar-refractivity contribution in [2.24, 2.45) is 0 Å². The highest BCUT2D eigenvalue weighted by molar-refractivity contribution is 5.89. The number of aromatic nitrogens is 2. The summed E-state index contributed by atoms with van der Waals surface area (Å²) in [4.78, 5) is 22.7. The standard InChI is InChI=1S/C17H19F2N5O/c18-13-5-4-6-14(19)15(13)23-17(25)21-11-12-7-8-20-16(22-12)24-9-2-1-3-10-24/h4-8H,1-3,9-11H2,(H2,21,23,25). The van der Waals surface area contributed by atoms with Crippen molar-refractivity contribution in [1.29, 1.82) is 0 Å². The second-order valence-corrected chi connectivity index (χ2v) is 5.80. The summed E-state index contributed by atoms with van der Waals surface area (Å²) in [5.41, 5.74) is 0.149. The monoisotopic (exact) mass is 347 g/mol. The first kappa shape index (κ1) is 17.1. The molecule has 25 heavy (non-hydrogen) atoms. The molecule has 1 fully saturated rings. The molecule has 0 bridgehead atoms. The topological polar surface area (TPSA) is 70.2 Å². The predicted molar refractivity (Wildman–Crippen MR) is 90.3 cm³/mol. The Hall–Kier alpha value is -2.77. The lowest BCUT2D eigenvalue weighted by molar-refractivity contribution is 0.251. The number of amides is 2. The van der Waals surface area contributed by atoms with Crippen molar-refractivity contribution < 1.29 is 13.6 Å². The van der Waals surface area contributed by atoms with Crippen LogP contribution in [0.15, 0.2) is 30.5 Å². The van der Waals surface area contributed by atoms with Gasteiger partial charge in [0.2, 0.25) is 5.95 Å². The molecule has 132 valence electrons. The van der Waals surface area contributed by atoms with E-state index in [4.69, 9.17) is 0 Å². The number of anilines is 2. The fourth-order valence-electron chi connectivity index (χ4n) is 2.68. The van der Waals surface area contributed by atoms with Gasteiger partial charge in [0.15, 0.2) is 0 Å². The van der Waals surface area contributed by atoms with Gasteiger partial charge in [-0.3, -0.25) is 0 Å². The maximum atomic E-state index is 13.5. The van der Waals surface area contributed by atoms with Crippen LogP contribution in [0.4, 0.5) is 25.2 Å². The Morgan fingerprint density at radius 2 is 1.84 bits per heavy atom. The molecule has 1 aromatic heterocycles. The highest BCUT2D eigenvalue weighted by atomic mass is 19.1. The number of piperidine rings is 1. The fraction of sp³-hybridized carbons (Fsp3) is 0.353. The first-order chi connectivity index (χ1) is 12.1. The summed E-state index contributed by atoms with van der Waals surface area (Å²) in [6, 6.07) is 4.37. The van der Waals surface area contributed by atoms with Crippen LogP contribution in [-0.4, -0.2) is 29.1 Å².